The number of rotatable bonds is 5. The van der Waals surface area contributed by atoms with Crippen LogP contribution < -0.4 is 15.9 Å². The van der Waals surface area contributed by atoms with E-state index in [4.69, 9.17) is 4.74 Å². The summed E-state index contributed by atoms with van der Waals surface area (Å²) in [6, 6.07) is 9.26. The van der Waals surface area contributed by atoms with Gasteiger partial charge in [0.1, 0.15) is 17.3 Å². The first kappa shape index (κ1) is 26.9. The number of fused-ring (bicyclic) bond motifs is 1. The van der Waals surface area contributed by atoms with Gasteiger partial charge >= 0.3 is 18.0 Å². The maximum Gasteiger partial charge on any atom is 0.416 e. The van der Waals surface area contributed by atoms with Crippen molar-refractivity contribution in [2.24, 2.45) is 0 Å². The van der Waals surface area contributed by atoms with Gasteiger partial charge in [-0.3, -0.25) is 4.90 Å². The number of nitriles is 1. The number of anilines is 1. The van der Waals surface area contributed by atoms with Crippen molar-refractivity contribution in [2.45, 2.75) is 38.1 Å². The van der Waals surface area contributed by atoms with E-state index in [1.807, 2.05) is 24.8 Å². The topological polar surface area (TPSA) is 127 Å². The molecule has 10 nitrogen and oxygen atoms in total. The number of aromatic amines is 1. The molecule has 38 heavy (non-hydrogen) atoms. The Kier molecular flexibility index (Phi) is 7.54. The summed E-state index contributed by atoms with van der Waals surface area (Å²) < 4.78 is 43.9. The van der Waals surface area contributed by atoms with Crippen molar-refractivity contribution in [3.8, 4) is 6.07 Å². The predicted molar refractivity (Wildman–Crippen MR) is 132 cm³/mol. The summed E-state index contributed by atoms with van der Waals surface area (Å²) in [6.07, 6.45) is -5.06. The molecule has 1 aliphatic heterocycles. The molecule has 0 saturated carbocycles. The third-order valence-electron chi connectivity index (χ3n) is 6.71. The number of ether oxygens (including phenoxy) is 1. The SMILES string of the molecule is COC(=O)NC[C@@H]1CN(c2nc(=O)[nH]c3ccc(C#N)nc23)C(C)CN1C(C)c1ccc(C(F)(F)F)cc1. The maximum absolute atomic E-state index is 13.1. The van der Waals surface area contributed by atoms with E-state index in [0.717, 1.165) is 12.1 Å². The van der Waals surface area contributed by atoms with Crippen molar-refractivity contribution in [2.75, 3.05) is 31.6 Å². The highest BCUT2D eigenvalue weighted by molar-refractivity contribution is 5.86. The van der Waals surface area contributed by atoms with Crippen LogP contribution in [0.5, 0.6) is 0 Å². The number of hydrogen-bond donors (Lipinski definition) is 2. The van der Waals surface area contributed by atoms with Crippen LogP contribution in [0.1, 0.15) is 36.7 Å². The molecule has 1 amide bonds. The second-order valence-corrected chi connectivity index (χ2v) is 9.09. The minimum Gasteiger partial charge on any atom is -0.453 e. The zero-order chi connectivity index (χ0) is 27.6. The van der Waals surface area contributed by atoms with Crippen LogP contribution >= 0.6 is 0 Å². The van der Waals surface area contributed by atoms with Crippen LogP contribution in [0.2, 0.25) is 0 Å². The number of alkyl halides is 3. The van der Waals surface area contributed by atoms with Gasteiger partial charge in [0.2, 0.25) is 0 Å². The Morgan fingerprint density at radius 1 is 1.24 bits per heavy atom. The molecule has 3 heterocycles. The Balaban J connectivity index is 1.69. The Labute approximate surface area is 216 Å². The third-order valence-corrected chi connectivity index (χ3v) is 6.71. The first-order chi connectivity index (χ1) is 18.0. The second-order valence-electron chi connectivity index (χ2n) is 9.09. The Morgan fingerprint density at radius 2 is 1.95 bits per heavy atom. The molecule has 13 heteroatoms. The highest BCUT2D eigenvalue weighted by Gasteiger charge is 2.37. The molecule has 4 rings (SSSR count). The molecular weight excluding hydrogens is 503 g/mol. The number of H-pyrrole nitrogens is 1. The average molecular weight is 530 g/mol. The number of nitrogens with zero attached hydrogens (tertiary/aromatic N) is 5. The molecule has 2 aromatic heterocycles. The molecule has 200 valence electrons. The zero-order valence-electron chi connectivity index (χ0n) is 20.9. The molecule has 0 aliphatic carbocycles. The van der Waals surface area contributed by atoms with Crippen LogP contribution in [-0.4, -0.2) is 64.8 Å². The molecule has 0 radical (unpaired) electrons. The van der Waals surface area contributed by atoms with Crippen LogP contribution in [-0.2, 0) is 10.9 Å². The number of hydrogen-bond acceptors (Lipinski definition) is 8. The van der Waals surface area contributed by atoms with Gasteiger partial charge in [0.15, 0.2) is 5.82 Å². The van der Waals surface area contributed by atoms with Crippen LogP contribution in [0.15, 0.2) is 41.2 Å². The Morgan fingerprint density at radius 3 is 2.58 bits per heavy atom. The molecule has 3 aromatic rings. The smallest absolute Gasteiger partial charge is 0.416 e. The summed E-state index contributed by atoms with van der Waals surface area (Å²) in [6.45, 7) is 4.72. The van der Waals surface area contributed by atoms with Gasteiger partial charge in [-0.15, -0.1) is 0 Å². The highest BCUT2D eigenvalue weighted by Crippen LogP contribution is 2.33. The van der Waals surface area contributed by atoms with Gasteiger partial charge in [0, 0.05) is 37.8 Å². The lowest BCUT2D eigenvalue weighted by Gasteiger charge is -2.48. The van der Waals surface area contributed by atoms with Crippen molar-refractivity contribution in [1.82, 2.24) is 25.2 Å². The Bertz CT molecular complexity index is 1420. The van der Waals surface area contributed by atoms with E-state index in [-0.39, 0.29) is 30.4 Å². The molecule has 1 fully saturated rings. The number of piperazine rings is 1. The maximum atomic E-state index is 13.1. The van der Waals surface area contributed by atoms with Crippen molar-refractivity contribution >= 4 is 22.9 Å². The number of halogens is 3. The zero-order valence-corrected chi connectivity index (χ0v) is 20.9. The fourth-order valence-electron chi connectivity index (χ4n) is 4.72. The van der Waals surface area contributed by atoms with Gasteiger partial charge in [-0.1, -0.05) is 12.1 Å². The molecule has 2 unspecified atom stereocenters. The van der Waals surface area contributed by atoms with E-state index in [9.17, 15) is 28.0 Å². The van der Waals surface area contributed by atoms with Crippen LogP contribution in [0.4, 0.5) is 23.8 Å². The Hall–Kier alpha value is -4.18. The summed E-state index contributed by atoms with van der Waals surface area (Å²) in [5.41, 5.74) is 0.332. The fraction of sp³-hybridized carbons (Fsp3) is 0.400. The summed E-state index contributed by atoms with van der Waals surface area (Å²) in [5, 5.41) is 12.0. The molecule has 1 saturated heterocycles. The lowest BCUT2D eigenvalue weighted by Crippen LogP contribution is -2.61. The largest absolute Gasteiger partial charge is 0.453 e. The molecule has 0 spiro atoms. The minimum atomic E-state index is -4.43. The summed E-state index contributed by atoms with van der Waals surface area (Å²) in [7, 11) is 1.25. The lowest BCUT2D eigenvalue weighted by molar-refractivity contribution is -0.137. The summed E-state index contributed by atoms with van der Waals surface area (Å²) in [4.78, 5) is 39.3. The van der Waals surface area contributed by atoms with Gasteiger partial charge in [-0.05, 0) is 43.7 Å². The van der Waals surface area contributed by atoms with Crippen LogP contribution in [0.25, 0.3) is 11.0 Å². The van der Waals surface area contributed by atoms with Crippen LogP contribution in [0.3, 0.4) is 0 Å². The summed E-state index contributed by atoms with van der Waals surface area (Å²) >= 11 is 0. The first-order valence-corrected chi connectivity index (χ1v) is 11.8. The van der Waals surface area contributed by atoms with Crippen molar-refractivity contribution < 1.29 is 22.7 Å². The number of methoxy groups -OCH3 is 1. The van der Waals surface area contributed by atoms with E-state index in [1.54, 1.807) is 6.07 Å². The number of benzene rings is 1. The molecule has 1 aliphatic rings. The predicted octanol–water partition coefficient (Wildman–Crippen LogP) is 3.20. The van der Waals surface area contributed by atoms with E-state index < -0.39 is 23.5 Å². The van der Waals surface area contributed by atoms with Crippen molar-refractivity contribution in [3.05, 3.63) is 63.7 Å². The number of alkyl carbamates (subject to hydrolysis) is 1. The standard InChI is InChI=1S/C25H26F3N7O3/c1-14-12-35(15(2)16-4-6-17(7-5-16)25(26,27)28)19(11-30-24(37)38-3)13-34(14)22-21-20(32-23(36)33-22)9-8-18(10-29)31-21/h4-9,14-15,19H,11-13H2,1-3H3,(H,30,37)(H,32,33,36)/t14?,15?,19-/m1/s1. The van der Waals surface area contributed by atoms with Crippen LogP contribution in [0, 0.1) is 11.3 Å². The van der Waals surface area contributed by atoms with Gasteiger partial charge < -0.3 is 19.9 Å². The quantitative estimate of drug-likeness (QED) is 0.516. The average Bonchev–Trinajstić information content (AvgIpc) is 2.90. The normalized spacial score (nSPS) is 19.1. The van der Waals surface area contributed by atoms with Gasteiger partial charge in [0.25, 0.3) is 0 Å². The molecule has 2 N–H and O–H groups in total. The number of nitrogens with one attached hydrogen (secondary N) is 2. The van der Waals surface area contributed by atoms with Gasteiger partial charge in [-0.25, -0.2) is 14.6 Å². The van der Waals surface area contributed by atoms with Crippen molar-refractivity contribution in [3.63, 3.8) is 0 Å². The van der Waals surface area contributed by atoms with E-state index in [2.05, 4.69) is 25.2 Å². The van der Waals surface area contributed by atoms with E-state index in [1.165, 1.54) is 25.3 Å². The second kappa shape index (κ2) is 10.7. The molecule has 3 atom stereocenters. The van der Waals surface area contributed by atoms with Crippen molar-refractivity contribution in [1.29, 1.82) is 5.26 Å². The monoisotopic (exact) mass is 529 g/mol. The number of carbonyl (C=O) groups excluding carboxylic acids is 1. The van der Waals surface area contributed by atoms with Gasteiger partial charge in [0.05, 0.1) is 18.2 Å². The summed E-state index contributed by atoms with van der Waals surface area (Å²) in [5.74, 6) is 0.304. The lowest BCUT2D eigenvalue weighted by atomic mass is 9.99. The molecular formula is C25H26F3N7O3. The minimum absolute atomic E-state index is 0.165. The highest BCUT2D eigenvalue weighted by atomic mass is 19.4. The molecule has 1 aromatic carbocycles. The molecule has 0 bridgehead atoms. The van der Waals surface area contributed by atoms with E-state index in [0.29, 0.717) is 35.5 Å². The third kappa shape index (κ3) is 5.55. The van der Waals surface area contributed by atoms with Gasteiger partial charge in [-0.2, -0.15) is 23.4 Å². The number of carbonyl (C=O) groups is 1. The number of aromatic nitrogens is 3. The number of amides is 1. The fourth-order valence-corrected chi connectivity index (χ4v) is 4.72. The first-order valence-electron chi connectivity index (χ1n) is 11.8. The van der Waals surface area contributed by atoms with E-state index >= 15 is 0 Å². The number of pyridine rings is 1.